The topological polar surface area (TPSA) is 96.9 Å². The molecule has 1 amide bonds. The number of amidine groups is 1. The number of benzene rings is 1. The number of carbonyl (C=O) groups is 1. The van der Waals surface area contributed by atoms with Crippen molar-refractivity contribution in [2.45, 2.75) is 20.3 Å². The van der Waals surface area contributed by atoms with E-state index in [2.05, 4.69) is 10.5 Å². The second-order valence-electron chi connectivity index (χ2n) is 4.44. The Balaban J connectivity index is 2.35. The van der Waals surface area contributed by atoms with E-state index in [1.165, 1.54) is 0 Å². The first-order valence-electron chi connectivity index (χ1n) is 6.53. The summed E-state index contributed by atoms with van der Waals surface area (Å²) in [7, 11) is 0. The van der Waals surface area contributed by atoms with Crippen LogP contribution < -0.4 is 15.8 Å². The Hall–Kier alpha value is -2.24. The van der Waals surface area contributed by atoms with Crippen molar-refractivity contribution in [2.24, 2.45) is 16.8 Å². The first-order chi connectivity index (χ1) is 9.58. The van der Waals surface area contributed by atoms with E-state index in [0.29, 0.717) is 19.6 Å². The maximum atomic E-state index is 11.8. The van der Waals surface area contributed by atoms with Gasteiger partial charge in [-0.25, -0.2) is 0 Å². The highest BCUT2D eigenvalue weighted by atomic mass is 16.5. The van der Waals surface area contributed by atoms with Crippen LogP contribution in [-0.4, -0.2) is 30.1 Å². The summed E-state index contributed by atoms with van der Waals surface area (Å²) in [6.07, 6.45) is 0.473. The summed E-state index contributed by atoms with van der Waals surface area (Å²) in [4.78, 5) is 11.8. The zero-order valence-corrected chi connectivity index (χ0v) is 11.8. The van der Waals surface area contributed by atoms with Gasteiger partial charge in [0.25, 0.3) is 0 Å². The molecule has 1 atom stereocenters. The smallest absolute Gasteiger partial charge is 0.230 e. The van der Waals surface area contributed by atoms with Crippen LogP contribution >= 0.6 is 0 Å². The molecular weight excluding hydrogens is 258 g/mol. The highest BCUT2D eigenvalue weighted by molar-refractivity contribution is 6.01. The van der Waals surface area contributed by atoms with Crippen LogP contribution in [0.15, 0.2) is 29.4 Å². The number of ether oxygens (including phenoxy) is 1. The fourth-order valence-electron chi connectivity index (χ4n) is 1.77. The highest BCUT2D eigenvalue weighted by Gasteiger charge is 2.20. The van der Waals surface area contributed by atoms with Crippen molar-refractivity contribution < 1.29 is 14.7 Å². The molecule has 4 N–H and O–H groups in total. The molecule has 0 radical (unpaired) electrons. The van der Waals surface area contributed by atoms with Crippen LogP contribution in [0.2, 0.25) is 0 Å². The third-order valence-corrected chi connectivity index (χ3v) is 2.86. The van der Waals surface area contributed by atoms with Gasteiger partial charge >= 0.3 is 0 Å². The molecule has 1 unspecified atom stereocenters. The maximum Gasteiger partial charge on any atom is 0.230 e. The molecule has 0 aromatic heterocycles. The highest BCUT2D eigenvalue weighted by Crippen LogP contribution is 2.11. The van der Waals surface area contributed by atoms with E-state index in [-0.39, 0.29) is 11.7 Å². The monoisotopic (exact) mass is 279 g/mol. The molecule has 20 heavy (non-hydrogen) atoms. The molecule has 1 aromatic rings. The first kappa shape index (κ1) is 15.8. The summed E-state index contributed by atoms with van der Waals surface area (Å²) in [5, 5.41) is 14.2. The fraction of sp³-hybridized carbons (Fsp3) is 0.429. The van der Waals surface area contributed by atoms with Gasteiger partial charge < -0.3 is 21.0 Å². The van der Waals surface area contributed by atoms with Crippen LogP contribution in [-0.2, 0) is 4.79 Å². The SMILES string of the molecule is CCC(C(=O)NCCOc1cccc(C)c1)C(N)=NO. The van der Waals surface area contributed by atoms with Gasteiger partial charge in [-0.1, -0.05) is 24.2 Å². The van der Waals surface area contributed by atoms with E-state index in [0.717, 1.165) is 11.3 Å². The molecule has 0 aliphatic rings. The second kappa shape index (κ2) is 8.04. The lowest BCUT2D eigenvalue weighted by molar-refractivity contribution is -0.123. The van der Waals surface area contributed by atoms with E-state index in [4.69, 9.17) is 15.7 Å². The van der Waals surface area contributed by atoms with E-state index < -0.39 is 5.92 Å². The standard InChI is InChI=1S/C14H21N3O3/c1-3-12(13(15)17-19)14(18)16-7-8-20-11-6-4-5-10(2)9-11/h4-6,9,12,19H,3,7-8H2,1-2H3,(H2,15,17)(H,16,18). The Kier molecular flexibility index (Phi) is 6.36. The van der Waals surface area contributed by atoms with Crippen LogP contribution in [0.25, 0.3) is 0 Å². The number of oxime groups is 1. The first-order valence-corrected chi connectivity index (χ1v) is 6.53. The van der Waals surface area contributed by atoms with E-state index in [1.54, 1.807) is 6.92 Å². The summed E-state index contributed by atoms with van der Waals surface area (Å²) < 4.78 is 5.51. The number of nitrogens with zero attached hydrogens (tertiary/aromatic N) is 1. The molecule has 0 fully saturated rings. The van der Waals surface area contributed by atoms with Crippen molar-refractivity contribution in [3.8, 4) is 5.75 Å². The number of hydrogen-bond donors (Lipinski definition) is 3. The molecule has 0 saturated carbocycles. The largest absolute Gasteiger partial charge is 0.492 e. The molecule has 0 bridgehead atoms. The van der Waals surface area contributed by atoms with E-state index >= 15 is 0 Å². The van der Waals surface area contributed by atoms with Crippen molar-refractivity contribution in [1.82, 2.24) is 5.32 Å². The number of nitrogens with two attached hydrogens (primary N) is 1. The summed E-state index contributed by atoms with van der Waals surface area (Å²) in [5.74, 6) is -0.193. The zero-order valence-electron chi connectivity index (χ0n) is 11.8. The van der Waals surface area contributed by atoms with Gasteiger partial charge in [0.05, 0.1) is 12.5 Å². The number of aryl methyl sites for hydroxylation is 1. The van der Waals surface area contributed by atoms with Gasteiger partial charge in [0.15, 0.2) is 5.84 Å². The lowest BCUT2D eigenvalue weighted by Gasteiger charge is -2.13. The van der Waals surface area contributed by atoms with Gasteiger partial charge in [0, 0.05) is 0 Å². The predicted molar refractivity (Wildman–Crippen MR) is 76.9 cm³/mol. The van der Waals surface area contributed by atoms with Gasteiger partial charge in [0.1, 0.15) is 12.4 Å². The molecule has 1 aromatic carbocycles. The Bertz CT molecular complexity index is 474. The van der Waals surface area contributed by atoms with Crippen LogP contribution in [0, 0.1) is 12.8 Å². The van der Waals surface area contributed by atoms with Crippen LogP contribution in [0.1, 0.15) is 18.9 Å². The number of rotatable bonds is 7. The Labute approximate surface area is 118 Å². The molecule has 0 aliphatic heterocycles. The minimum Gasteiger partial charge on any atom is -0.492 e. The third-order valence-electron chi connectivity index (χ3n) is 2.86. The fourth-order valence-corrected chi connectivity index (χ4v) is 1.77. The quantitative estimate of drug-likeness (QED) is 0.230. The third kappa shape index (κ3) is 4.79. The summed E-state index contributed by atoms with van der Waals surface area (Å²) in [6, 6.07) is 7.68. The van der Waals surface area contributed by atoms with Crippen molar-refractivity contribution >= 4 is 11.7 Å². The molecule has 0 aliphatic carbocycles. The van der Waals surface area contributed by atoms with Gasteiger partial charge in [-0.15, -0.1) is 0 Å². The van der Waals surface area contributed by atoms with Crippen LogP contribution in [0.5, 0.6) is 5.75 Å². The van der Waals surface area contributed by atoms with Gasteiger partial charge in [-0.05, 0) is 31.0 Å². The average molecular weight is 279 g/mol. The Morgan fingerprint density at radius 3 is 2.90 bits per heavy atom. The average Bonchev–Trinajstić information content (AvgIpc) is 2.44. The van der Waals surface area contributed by atoms with Crippen molar-refractivity contribution in [3.63, 3.8) is 0 Å². The molecule has 0 heterocycles. The second-order valence-corrected chi connectivity index (χ2v) is 4.44. The molecular formula is C14H21N3O3. The zero-order chi connectivity index (χ0) is 15.0. The van der Waals surface area contributed by atoms with Gasteiger partial charge in [0.2, 0.25) is 5.91 Å². The summed E-state index contributed by atoms with van der Waals surface area (Å²) >= 11 is 0. The van der Waals surface area contributed by atoms with Crippen LogP contribution in [0.4, 0.5) is 0 Å². The van der Waals surface area contributed by atoms with E-state index in [1.807, 2.05) is 31.2 Å². The van der Waals surface area contributed by atoms with Crippen LogP contribution in [0.3, 0.4) is 0 Å². The summed E-state index contributed by atoms with van der Waals surface area (Å²) in [6.45, 7) is 4.51. The lowest BCUT2D eigenvalue weighted by atomic mass is 10.1. The molecule has 1 rings (SSSR count). The number of carbonyl (C=O) groups excluding carboxylic acids is 1. The molecule has 0 saturated heterocycles. The van der Waals surface area contributed by atoms with Gasteiger partial charge in [-0.2, -0.15) is 0 Å². The molecule has 6 heteroatoms. The number of amides is 1. The Morgan fingerprint density at radius 2 is 2.30 bits per heavy atom. The number of hydrogen-bond acceptors (Lipinski definition) is 4. The minimum absolute atomic E-state index is 0.0791. The number of nitrogens with one attached hydrogen (secondary N) is 1. The van der Waals surface area contributed by atoms with E-state index in [9.17, 15) is 4.79 Å². The van der Waals surface area contributed by atoms with Crippen molar-refractivity contribution in [2.75, 3.05) is 13.2 Å². The van der Waals surface area contributed by atoms with Gasteiger partial charge in [-0.3, -0.25) is 4.79 Å². The normalized spacial score (nSPS) is 12.8. The minimum atomic E-state index is -0.612. The Morgan fingerprint density at radius 1 is 1.55 bits per heavy atom. The molecule has 6 nitrogen and oxygen atoms in total. The molecule has 110 valence electrons. The van der Waals surface area contributed by atoms with Crippen molar-refractivity contribution in [3.05, 3.63) is 29.8 Å². The summed E-state index contributed by atoms with van der Waals surface area (Å²) in [5.41, 5.74) is 6.56. The van der Waals surface area contributed by atoms with Crippen molar-refractivity contribution in [1.29, 1.82) is 0 Å². The molecule has 0 spiro atoms. The lowest BCUT2D eigenvalue weighted by Crippen LogP contribution is -2.40. The predicted octanol–water partition coefficient (Wildman–Crippen LogP) is 1.26. The maximum absolute atomic E-state index is 11.8.